The summed E-state index contributed by atoms with van der Waals surface area (Å²) in [5.74, 6) is 0.238. The van der Waals surface area contributed by atoms with Crippen molar-refractivity contribution >= 4 is 34.7 Å². The Hall–Kier alpha value is -4.02. The Balaban J connectivity index is 1.62. The first kappa shape index (κ1) is 25.1. The first-order valence-corrected chi connectivity index (χ1v) is 11.3. The number of aromatic nitrogens is 4. The lowest BCUT2D eigenvalue weighted by molar-refractivity contribution is 0.351. The molecule has 0 amide bonds. The fourth-order valence-corrected chi connectivity index (χ4v) is 3.66. The molecular formula is C25H25ClFN7O2. The lowest BCUT2D eigenvalue weighted by atomic mass is 10.1. The van der Waals surface area contributed by atoms with Crippen LogP contribution in [0.2, 0.25) is 5.02 Å². The summed E-state index contributed by atoms with van der Waals surface area (Å²) in [5.41, 5.74) is 3.56. The second-order valence-corrected chi connectivity index (χ2v) is 8.48. The molecule has 0 bridgehead atoms. The number of nitrogens with one attached hydrogen (secondary N) is 2. The average molecular weight is 510 g/mol. The van der Waals surface area contributed by atoms with Gasteiger partial charge in [0.2, 0.25) is 11.8 Å². The van der Waals surface area contributed by atoms with Gasteiger partial charge in [0.05, 0.1) is 30.6 Å². The lowest BCUT2D eigenvalue weighted by Crippen LogP contribution is -2.10. The van der Waals surface area contributed by atoms with Gasteiger partial charge in [0.15, 0.2) is 11.5 Å². The monoisotopic (exact) mass is 509 g/mol. The van der Waals surface area contributed by atoms with Crippen LogP contribution in [0.5, 0.6) is 11.5 Å². The van der Waals surface area contributed by atoms with Crippen molar-refractivity contribution in [2.24, 2.45) is 0 Å². The van der Waals surface area contributed by atoms with E-state index in [4.69, 9.17) is 21.1 Å². The van der Waals surface area contributed by atoms with Crippen LogP contribution in [0.25, 0.3) is 11.4 Å². The van der Waals surface area contributed by atoms with E-state index in [1.165, 1.54) is 26.4 Å². The van der Waals surface area contributed by atoms with E-state index in [1.54, 1.807) is 30.7 Å². The van der Waals surface area contributed by atoms with E-state index in [1.807, 2.05) is 26.2 Å². The van der Waals surface area contributed by atoms with Crippen molar-refractivity contribution in [2.75, 3.05) is 38.9 Å². The third-order valence-corrected chi connectivity index (χ3v) is 5.25. The predicted molar refractivity (Wildman–Crippen MR) is 138 cm³/mol. The molecule has 4 rings (SSSR count). The normalized spacial score (nSPS) is 10.9. The molecule has 0 radical (unpaired) electrons. The topological polar surface area (TPSA) is 97.3 Å². The van der Waals surface area contributed by atoms with Crippen molar-refractivity contribution in [1.82, 2.24) is 24.8 Å². The molecule has 4 aromatic rings. The molecule has 0 spiro atoms. The van der Waals surface area contributed by atoms with Crippen molar-refractivity contribution in [3.8, 4) is 22.9 Å². The molecule has 0 unspecified atom stereocenters. The van der Waals surface area contributed by atoms with E-state index >= 15 is 0 Å². The summed E-state index contributed by atoms with van der Waals surface area (Å²) in [6.45, 7) is 0.770. The summed E-state index contributed by atoms with van der Waals surface area (Å²) in [5, 5.41) is 6.76. The van der Waals surface area contributed by atoms with Gasteiger partial charge in [-0.3, -0.25) is 9.97 Å². The van der Waals surface area contributed by atoms with Gasteiger partial charge in [0, 0.05) is 43.0 Å². The molecule has 0 saturated heterocycles. The minimum Gasteiger partial charge on any atom is -0.493 e. The van der Waals surface area contributed by atoms with Crippen LogP contribution < -0.4 is 20.1 Å². The number of pyridine rings is 2. The van der Waals surface area contributed by atoms with Crippen molar-refractivity contribution in [2.45, 2.75) is 6.54 Å². The van der Waals surface area contributed by atoms with Crippen LogP contribution >= 0.6 is 11.6 Å². The SMILES string of the molecule is COc1cc(Nc2nccc(Nc3cc(Cl)cnc3-c3cc(CN(C)C)ccn3)n2)cc(OC)c1F. The Morgan fingerprint density at radius 1 is 0.944 bits per heavy atom. The third-order valence-electron chi connectivity index (χ3n) is 5.04. The van der Waals surface area contributed by atoms with E-state index < -0.39 is 5.82 Å². The highest BCUT2D eigenvalue weighted by Gasteiger charge is 2.14. The lowest BCUT2D eigenvalue weighted by Gasteiger charge is -2.14. The summed E-state index contributed by atoms with van der Waals surface area (Å²) in [7, 11) is 6.77. The summed E-state index contributed by atoms with van der Waals surface area (Å²) in [6, 6.07) is 10.4. The Bertz CT molecular complexity index is 1350. The first-order chi connectivity index (χ1) is 17.4. The third kappa shape index (κ3) is 5.96. The molecular weight excluding hydrogens is 485 g/mol. The van der Waals surface area contributed by atoms with Crippen LogP contribution in [0.1, 0.15) is 5.56 Å². The van der Waals surface area contributed by atoms with E-state index in [0.29, 0.717) is 33.6 Å². The molecule has 0 fully saturated rings. The van der Waals surface area contributed by atoms with Crippen molar-refractivity contribution < 1.29 is 13.9 Å². The number of anilines is 4. The molecule has 0 saturated carbocycles. The molecule has 0 aliphatic rings. The van der Waals surface area contributed by atoms with E-state index in [9.17, 15) is 4.39 Å². The Kier molecular flexibility index (Phi) is 7.77. The predicted octanol–water partition coefficient (Wildman–Crippen LogP) is 5.29. The number of halogens is 2. The number of benzene rings is 1. The zero-order valence-electron chi connectivity index (χ0n) is 20.2. The van der Waals surface area contributed by atoms with Crippen molar-refractivity contribution in [3.63, 3.8) is 0 Å². The maximum Gasteiger partial charge on any atom is 0.229 e. The van der Waals surface area contributed by atoms with Gasteiger partial charge in [-0.25, -0.2) is 4.98 Å². The Morgan fingerprint density at radius 2 is 1.67 bits per heavy atom. The molecule has 2 N–H and O–H groups in total. The highest BCUT2D eigenvalue weighted by Crippen LogP contribution is 2.33. The molecule has 36 heavy (non-hydrogen) atoms. The van der Waals surface area contributed by atoms with E-state index in [0.717, 1.165) is 12.1 Å². The van der Waals surface area contributed by atoms with Gasteiger partial charge in [-0.15, -0.1) is 0 Å². The molecule has 3 aromatic heterocycles. The summed E-state index contributed by atoms with van der Waals surface area (Å²) in [6.07, 6.45) is 4.92. The molecule has 0 aliphatic carbocycles. The van der Waals surface area contributed by atoms with Crippen LogP contribution in [0.3, 0.4) is 0 Å². The maximum absolute atomic E-state index is 14.3. The smallest absolute Gasteiger partial charge is 0.229 e. The number of methoxy groups -OCH3 is 2. The number of ether oxygens (including phenoxy) is 2. The number of hydrogen-bond acceptors (Lipinski definition) is 9. The fraction of sp³-hybridized carbons (Fsp3) is 0.200. The molecule has 0 atom stereocenters. The van der Waals surface area contributed by atoms with Gasteiger partial charge >= 0.3 is 0 Å². The van der Waals surface area contributed by atoms with Crippen LogP contribution in [0.4, 0.5) is 27.5 Å². The van der Waals surface area contributed by atoms with Crippen molar-refractivity contribution in [3.05, 3.63) is 71.4 Å². The van der Waals surface area contributed by atoms with Gasteiger partial charge in [-0.2, -0.15) is 9.37 Å². The first-order valence-electron chi connectivity index (χ1n) is 10.9. The number of hydrogen-bond donors (Lipinski definition) is 2. The molecule has 0 aliphatic heterocycles. The second kappa shape index (κ2) is 11.1. The van der Waals surface area contributed by atoms with E-state index in [2.05, 4.69) is 35.5 Å². The quantitative estimate of drug-likeness (QED) is 0.312. The van der Waals surface area contributed by atoms with Crippen LogP contribution in [0, 0.1) is 5.82 Å². The van der Waals surface area contributed by atoms with Gasteiger partial charge in [-0.1, -0.05) is 11.6 Å². The molecule has 3 heterocycles. The standard InChI is InChI=1S/C25H25ClFN7O2/c1-34(2)14-15-5-7-28-18(9-15)24-19(10-16(26)13-30-24)32-22-6-8-29-25(33-22)31-17-11-20(35-3)23(27)21(12-17)36-4/h5-13H,14H2,1-4H3,(H2,29,31,32,33). The number of rotatable bonds is 9. The minimum absolute atomic E-state index is 0.0322. The second-order valence-electron chi connectivity index (χ2n) is 8.05. The minimum atomic E-state index is -0.592. The van der Waals surface area contributed by atoms with Gasteiger partial charge < -0.3 is 25.0 Å². The van der Waals surface area contributed by atoms with Crippen LogP contribution in [-0.2, 0) is 6.54 Å². The molecule has 1 aromatic carbocycles. The zero-order chi connectivity index (χ0) is 25.7. The number of nitrogens with zero attached hydrogens (tertiary/aromatic N) is 5. The maximum atomic E-state index is 14.3. The average Bonchev–Trinajstić information content (AvgIpc) is 2.85. The summed E-state index contributed by atoms with van der Waals surface area (Å²) < 4.78 is 24.4. The van der Waals surface area contributed by atoms with Crippen LogP contribution in [-0.4, -0.2) is 53.2 Å². The van der Waals surface area contributed by atoms with Crippen LogP contribution in [0.15, 0.2) is 55.0 Å². The zero-order valence-corrected chi connectivity index (χ0v) is 21.0. The Morgan fingerprint density at radius 3 is 2.36 bits per heavy atom. The molecule has 186 valence electrons. The van der Waals surface area contributed by atoms with Gasteiger partial charge in [-0.05, 0) is 43.9 Å². The van der Waals surface area contributed by atoms with Gasteiger partial charge in [0.25, 0.3) is 0 Å². The Labute approximate surface area is 213 Å². The summed E-state index contributed by atoms with van der Waals surface area (Å²) in [4.78, 5) is 19.8. The highest BCUT2D eigenvalue weighted by atomic mass is 35.5. The highest BCUT2D eigenvalue weighted by molar-refractivity contribution is 6.30. The van der Waals surface area contributed by atoms with E-state index in [-0.39, 0.29) is 17.4 Å². The summed E-state index contributed by atoms with van der Waals surface area (Å²) >= 11 is 6.25. The fourth-order valence-electron chi connectivity index (χ4n) is 3.50. The van der Waals surface area contributed by atoms with Gasteiger partial charge in [0.1, 0.15) is 11.5 Å². The largest absolute Gasteiger partial charge is 0.493 e. The molecule has 9 nitrogen and oxygen atoms in total. The molecule has 11 heteroatoms. The van der Waals surface area contributed by atoms with Crippen molar-refractivity contribution in [1.29, 1.82) is 0 Å².